The van der Waals surface area contributed by atoms with E-state index >= 15 is 0 Å². The molecule has 3 aromatic rings. The molecule has 168 valence electrons. The van der Waals surface area contributed by atoms with E-state index in [1.807, 2.05) is 12.1 Å². The van der Waals surface area contributed by atoms with E-state index in [0.29, 0.717) is 30.8 Å². The highest BCUT2D eigenvalue weighted by Gasteiger charge is 2.22. The second kappa shape index (κ2) is 9.44. The summed E-state index contributed by atoms with van der Waals surface area (Å²) >= 11 is 5.94. The first-order valence-corrected chi connectivity index (χ1v) is 11.3. The Morgan fingerprint density at radius 2 is 2.12 bits per heavy atom. The Hall–Kier alpha value is -2.68. The van der Waals surface area contributed by atoms with Crippen LogP contribution in [0.4, 0.5) is 21.6 Å². The third kappa shape index (κ3) is 4.72. The zero-order valence-corrected chi connectivity index (χ0v) is 18.3. The van der Waals surface area contributed by atoms with Crippen molar-refractivity contribution < 1.29 is 13.9 Å². The molecule has 0 amide bonds. The van der Waals surface area contributed by atoms with E-state index in [0.717, 1.165) is 54.7 Å². The zero-order valence-electron chi connectivity index (χ0n) is 17.5. The molecule has 0 bridgehead atoms. The summed E-state index contributed by atoms with van der Waals surface area (Å²) in [4.78, 5) is 8.86. The van der Waals surface area contributed by atoms with Gasteiger partial charge >= 0.3 is 0 Å². The average Bonchev–Trinajstić information content (AvgIpc) is 3.31. The minimum Gasteiger partial charge on any atom is -0.486 e. The molecule has 0 saturated carbocycles. The fourth-order valence-electron chi connectivity index (χ4n) is 4.08. The fourth-order valence-corrected chi connectivity index (χ4v) is 4.27. The van der Waals surface area contributed by atoms with Gasteiger partial charge in [0.05, 0.1) is 29.4 Å². The molecule has 0 radical (unpaired) electrons. The van der Waals surface area contributed by atoms with Crippen LogP contribution in [-0.2, 0) is 4.74 Å². The van der Waals surface area contributed by atoms with Crippen molar-refractivity contribution in [3.8, 4) is 5.75 Å². The highest BCUT2D eigenvalue weighted by molar-refractivity contribution is 6.31. The number of piperidine rings is 1. The number of ether oxygens (including phenoxy) is 2. The van der Waals surface area contributed by atoms with Crippen LogP contribution in [0.2, 0.25) is 5.02 Å². The Kier molecular flexibility index (Phi) is 6.25. The molecule has 2 fully saturated rings. The smallest absolute Gasteiger partial charge is 0.145 e. The van der Waals surface area contributed by atoms with Crippen LogP contribution >= 0.6 is 11.6 Å². The second-order valence-electron chi connectivity index (χ2n) is 8.13. The molecule has 1 aromatic heterocycles. The van der Waals surface area contributed by atoms with Crippen molar-refractivity contribution in [1.82, 2.24) is 15.3 Å². The minimum absolute atomic E-state index is 0.0262. The number of halogens is 2. The third-order valence-electron chi connectivity index (χ3n) is 5.76. The quantitative estimate of drug-likeness (QED) is 0.503. The first-order valence-electron chi connectivity index (χ1n) is 10.9. The van der Waals surface area contributed by atoms with E-state index in [4.69, 9.17) is 21.1 Å². The summed E-state index contributed by atoms with van der Waals surface area (Å²) in [6, 6.07) is 8.75. The monoisotopic (exact) mass is 457 g/mol. The number of rotatable bonds is 6. The van der Waals surface area contributed by atoms with Gasteiger partial charge < -0.3 is 25.4 Å². The van der Waals surface area contributed by atoms with Gasteiger partial charge in [-0.3, -0.25) is 0 Å². The number of nitrogens with zero attached hydrogens (tertiary/aromatic N) is 2. The first-order chi connectivity index (χ1) is 15.7. The van der Waals surface area contributed by atoms with Gasteiger partial charge in [-0.05, 0) is 43.7 Å². The predicted octanol–water partition coefficient (Wildman–Crippen LogP) is 4.50. The second-order valence-corrected chi connectivity index (χ2v) is 8.54. The number of fused-ring (bicyclic) bond motifs is 1. The molecular formula is C23H25ClFN5O2. The Labute approximate surface area is 190 Å². The summed E-state index contributed by atoms with van der Waals surface area (Å²) in [5.41, 5.74) is 2.29. The van der Waals surface area contributed by atoms with Gasteiger partial charge in [0.15, 0.2) is 0 Å². The van der Waals surface area contributed by atoms with Gasteiger partial charge in [0, 0.05) is 36.1 Å². The topological polar surface area (TPSA) is 80.3 Å². The van der Waals surface area contributed by atoms with Crippen molar-refractivity contribution in [3.63, 3.8) is 0 Å². The molecule has 2 aliphatic heterocycles. The summed E-state index contributed by atoms with van der Waals surface area (Å²) in [5, 5.41) is 11.2. The van der Waals surface area contributed by atoms with E-state index in [2.05, 4.69) is 25.9 Å². The summed E-state index contributed by atoms with van der Waals surface area (Å²) in [6.07, 6.45) is 4.60. The highest BCUT2D eigenvalue weighted by Crippen LogP contribution is 2.35. The molecule has 2 atom stereocenters. The lowest BCUT2D eigenvalue weighted by Gasteiger charge is -2.27. The van der Waals surface area contributed by atoms with Gasteiger partial charge in [-0.15, -0.1) is 0 Å². The Morgan fingerprint density at radius 3 is 2.91 bits per heavy atom. The van der Waals surface area contributed by atoms with Gasteiger partial charge in [0.25, 0.3) is 0 Å². The van der Waals surface area contributed by atoms with Crippen LogP contribution in [0.15, 0.2) is 36.7 Å². The Bertz CT molecular complexity index is 1100. The zero-order chi connectivity index (χ0) is 21.9. The fraction of sp³-hybridized carbons (Fsp3) is 0.391. The highest BCUT2D eigenvalue weighted by atomic mass is 35.5. The van der Waals surface area contributed by atoms with E-state index < -0.39 is 5.82 Å². The number of hydrogen-bond donors (Lipinski definition) is 3. The van der Waals surface area contributed by atoms with Gasteiger partial charge in [0.2, 0.25) is 0 Å². The average molecular weight is 458 g/mol. The van der Waals surface area contributed by atoms with Crippen LogP contribution in [0.5, 0.6) is 5.75 Å². The number of anilines is 3. The van der Waals surface area contributed by atoms with Crippen LogP contribution in [-0.4, -0.2) is 48.4 Å². The predicted molar refractivity (Wildman–Crippen MR) is 124 cm³/mol. The lowest BCUT2D eigenvalue weighted by atomic mass is 10.1. The van der Waals surface area contributed by atoms with Crippen molar-refractivity contribution in [2.75, 3.05) is 36.9 Å². The molecule has 2 saturated heterocycles. The maximum absolute atomic E-state index is 13.6. The molecular weight excluding hydrogens is 433 g/mol. The molecule has 3 heterocycles. The molecule has 32 heavy (non-hydrogen) atoms. The van der Waals surface area contributed by atoms with Crippen molar-refractivity contribution in [1.29, 1.82) is 0 Å². The number of hydrogen-bond acceptors (Lipinski definition) is 7. The van der Waals surface area contributed by atoms with E-state index in [-0.39, 0.29) is 11.1 Å². The lowest BCUT2D eigenvalue weighted by Crippen LogP contribution is -2.38. The summed E-state index contributed by atoms with van der Waals surface area (Å²) < 4.78 is 25.3. The van der Waals surface area contributed by atoms with Crippen LogP contribution in [0.1, 0.15) is 19.3 Å². The van der Waals surface area contributed by atoms with Crippen molar-refractivity contribution in [2.45, 2.75) is 31.4 Å². The molecule has 0 spiro atoms. The Morgan fingerprint density at radius 1 is 1.19 bits per heavy atom. The molecule has 9 heteroatoms. The molecule has 0 aliphatic carbocycles. The van der Waals surface area contributed by atoms with Gasteiger partial charge in [-0.1, -0.05) is 11.6 Å². The minimum atomic E-state index is -0.463. The molecule has 7 nitrogen and oxygen atoms in total. The molecule has 2 aliphatic rings. The molecule has 1 unspecified atom stereocenters. The molecule has 3 N–H and O–H groups in total. The SMILES string of the molecule is Fc1ccc(Nc2ncnc3cc(OC4CCOC4)c(N[C@H]4CCCNC4)cc23)cc1Cl. The maximum Gasteiger partial charge on any atom is 0.145 e. The molecule has 5 rings (SSSR count). The normalized spacial score (nSPS) is 20.9. The number of aromatic nitrogens is 2. The standard InChI is InChI=1S/C23H25ClFN5O2/c24-18-8-14(3-4-19(18)25)30-23-17-9-21(29-15-2-1-6-26-11-15)22(10-20(17)27-13-28-23)32-16-5-7-31-12-16/h3-4,8-10,13,15-16,26,29H,1-2,5-7,11-12H2,(H,27,28,30)/t15-,16?/m0/s1. The lowest BCUT2D eigenvalue weighted by molar-refractivity contribution is 0.142. The van der Waals surface area contributed by atoms with Gasteiger partial charge in [0.1, 0.15) is 29.8 Å². The van der Waals surface area contributed by atoms with E-state index in [1.54, 1.807) is 6.07 Å². The van der Waals surface area contributed by atoms with Crippen molar-refractivity contribution >= 4 is 39.7 Å². The van der Waals surface area contributed by atoms with Crippen molar-refractivity contribution in [2.24, 2.45) is 0 Å². The maximum atomic E-state index is 13.6. The Balaban J connectivity index is 1.50. The van der Waals surface area contributed by atoms with E-state index in [1.165, 1.54) is 18.5 Å². The molecule has 2 aromatic carbocycles. The summed E-state index contributed by atoms with van der Waals surface area (Å²) in [7, 11) is 0. The van der Waals surface area contributed by atoms with Crippen LogP contribution in [0, 0.1) is 5.82 Å². The largest absolute Gasteiger partial charge is 0.486 e. The van der Waals surface area contributed by atoms with Crippen molar-refractivity contribution in [3.05, 3.63) is 47.5 Å². The van der Waals surface area contributed by atoms with Crippen LogP contribution < -0.4 is 20.7 Å². The van der Waals surface area contributed by atoms with E-state index in [9.17, 15) is 4.39 Å². The van der Waals surface area contributed by atoms with Gasteiger partial charge in [-0.2, -0.15) is 0 Å². The number of nitrogens with one attached hydrogen (secondary N) is 3. The summed E-state index contributed by atoms with van der Waals surface area (Å²) in [5.74, 6) is 0.904. The van der Waals surface area contributed by atoms with Gasteiger partial charge in [-0.25, -0.2) is 14.4 Å². The van der Waals surface area contributed by atoms with Crippen LogP contribution in [0.25, 0.3) is 10.9 Å². The first kappa shape index (κ1) is 21.2. The van der Waals surface area contributed by atoms with Crippen LogP contribution in [0.3, 0.4) is 0 Å². The number of benzene rings is 2. The third-order valence-corrected chi connectivity index (χ3v) is 6.05. The summed E-state index contributed by atoms with van der Waals surface area (Å²) in [6.45, 7) is 3.24.